The lowest BCUT2D eigenvalue weighted by atomic mass is 10.2. The van der Waals surface area contributed by atoms with Gasteiger partial charge in [0.05, 0.1) is 4.58 Å². The van der Waals surface area contributed by atoms with Crippen molar-refractivity contribution >= 4 is 41.1 Å². The van der Waals surface area contributed by atoms with Crippen LogP contribution in [-0.2, 0) is 6.54 Å². The zero-order valence-electron chi connectivity index (χ0n) is 15.1. The van der Waals surface area contributed by atoms with Crippen LogP contribution < -0.4 is 15.5 Å². The third kappa shape index (κ3) is 5.32. The maximum absolute atomic E-state index is 12.2. The van der Waals surface area contributed by atoms with Crippen LogP contribution in [-0.4, -0.2) is 36.6 Å². The molecule has 2 heterocycles. The van der Waals surface area contributed by atoms with Crippen LogP contribution in [0.15, 0.2) is 42.6 Å². The monoisotopic (exact) mass is 388 g/mol. The number of carbonyl (C=O) groups excluding carboxylic acids is 1. The van der Waals surface area contributed by atoms with E-state index in [1.54, 1.807) is 6.20 Å². The number of nitrogens with one attached hydrogen (secondary N) is 2. The molecule has 1 aromatic carbocycles. The van der Waals surface area contributed by atoms with Gasteiger partial charge in [-0.1, -0.05) is 12.1 Å². The Labute approximate surface area is 163 Å². The number of hydrogen-bond acceptors (Lipinski definition) is 5. The third-order valence-corrected chi connectivity index (χ3v) is 6.98. The molecule has 26 heavy (non-hydrogen) atoms. The molecule has 0 atom stereocenters. The van der Waals surface area contributed by atoms with Crippen molar-refractivity contribution in [2.45, 2.75) is 17.5 Å². The molecular weight excluding hydrogens is 364 g/mol. The molecule has 0 aliphatic carbocycles. The van der Waals surface area contributed by atoms with E-state index in [9.17, 15) is 4.79 Å². The molecule has 3 rings (SSSR count). The van der Waals surface area contributed by atoms with E-state index in [1.165, 1.54) is 23.5 Å². The van der Waals surface area contributed by atoms with E-state index in [2.05, 4.69) is 27.8 Å². The van der Waals surface area contributed by atoms with Crippen molar-refractivity contribution in [2.24, 2.45) is 0 Å². The number of pyridine rings is 1. The second-order valence-corrected chi connectivity index (χ2v) is 9.00. The predicted molar refractivity (Wildman–Crippen MR) is 113 cm³/mol. The largest absolute Gasteiger partial charge is 0.363 e. The molecule has 0 radical (unpaired) electrons. The molecule has 1 aromatic heterocycles. The number of carbonyl (C=O) groups is 1. The fourth-order valence-electron chi connectivity index (χ4n) is 2.62. The lowest BCUT2D eigenvalue weighted by molar-refractivity contribution is 0.251. The van der Waals surface area contributed by atoms with Crippen molar-refractivity contribution in [3.05, 3.63) is 53.7 Å². The van der Waals surface area contributed by atoms with Crippen molar-refractivity contribution < 1.29 is 4.79 Å². The molecule has 1 aliphatic rings. The summed E-state index contributed by atoms with van der Waals surface area (Å²) in [5.74, 6) is 3.28. The number of nitrogens with zero attached hydrogens (tertiary/aromatic N) is 2. The van der Waals surface area contributed by atoms with Gasteiger partial charge < -0.3 is 15.5 Å². The van der Waals surface area contributed by atoms with Crippen LogP contribution in [0.3, 0.4) is 0 Å². The van der Waals surface area contributed by atoms with Crippen molar-refractivity contribution in [3.63, 3.8) is 0 Å². The third-order valence-electron chi connectivity index (χ3n) is 3.96. The fourth-order valence-corrected chi connectivity index (χ4v) is 5.49. The Morgan fingerprint density at radius 2 is 2.04 bits per heavy atom. The van der Waals surface area contributed by atoms with Crippen LogP contribution in [0.1, 0.15) is 22.1 Å². The van der Waals surface area contributed by atoms with E-state index >= 15 is 0 Å². The average molecular weight is 389 g/mol. The number of hydrogen-bond donors (Lipinski definition) is 2. The van der Waals surface area contributed by atoms with Gasteiger partial charge in [-0.05, 0) is 53.3 Å². The second-order valence-electron chi connectivity index (χ2n) is 6.28. The first kappa shape index (κ1) is 18.9. The number of thioether (sulfide) groups is 2. The molecule has 7 heteroatoms. The molecule has 5 nitrogen and oxygen atoms in total. The van der Waals surface area contributed by atoms with Gasteiger partial charge in [-0.15, -0.1) is 23.5 Å². The highest BCUT2D eigenvalue weighted by Gasteiger charge is 2.17. The summed E-state index contributed by atoms with van der Waals surface area (Å²) in [4.78, 5) is 18.5. The standard InChI is InChI=1S/C19H24N4OS2/c1-23(2)17-11-14(7-8-20-17)13-21-19(24)22-16-6-3-5-15(12-16)18-25-9-4-10-26-18/h3,5-8,11-12,18H,4,9-10,13H2,1-2H3,(H2,21,22,24). The van der Waals surface area contributed by atoms with Gasteiger partial charge in [0.25, 0.3) is 0 Å². The SMILES string of the molecule is CN(C)c1cc(CNC(=O)Nc2cccc(C3SCCCS3)c2)ccn1. The van der Waals surface area contributed by atoms with Crippen molar-refractivity contribution in [3.8, 4) is 0 Å². The lowest BCUT2D eigenvalue weighted by Gasteiger charge is -2.21. The van der Waals surface area contributed by atoms with Crippen LogP contribution in [0.2, 0.25) is 0 Å². The Morgan fingerprint density at radius 3 is 2.81 bits per heavy atom. The molecule has 2 N–H and O–H groups in total. The Hall–Kier alpha value is -1.86. The van der Waals surface area contributed by atoms with Gasteiger partial charge in [-0.3, -0.25) is 0 Å². The summed E-state index contributed by atoms with van der Waals surface area (Å²) in [7, 11) is 3.89. The van der Waals surface area contributed by atoms with E-state index in [0.717, 1.165) is 17.1 Å². The van der Waals surface area contributed by atoms with Crippen LogP contribution in [0.4, 0.5) is 16.3 Å². The molecule has 1 aliphatic heterocycles. The van der Waals surface area contributed by atoms with E-state index in [1.807, 2.05) is 66.8 Å². The second kappa shape index (κ2) is 9.19. The Bertz CT molecular complexity index is 748. The van der Waals surface area contributed by atoms with Gasteiger partial charge in [-0.25, -0.2) is 9.78 Å². The molecule has 0 spiro atoms. The zero-order valence-corrected chi connectivity index (χ0v) is 16.7. The average Bonchev–Trinajstić information content (AvgIpc) is 2.67. The summed E-state index contributed by atoms with van der Waals surface area (Å²) < 4.78 is 0.467. The number of aromatic nitrogens is 1. The van der Waals surface area contributed by atoms with Gasteiger partial charge in [0.15, 0.2) is 0 Å². The molecule has 2 amide bonds. The van der Waals surface area contributed by atoms with Gasteiger partial charge in [0, 0.05) is 32.5 Å². The number of amides is 2. The predicted octanol–water partition coefficient (Wildman–Crippen LogP) is 4.34. The Morgan fingerprint density at radius 1 is 1.23 bits per heavy atom. The number of rotatable bonds is 5. The summed E-state index contributed by atoms with van der Waals surface area (Å²) in [5, 5.41) is 5.84. The van der Waals surface area contributed by atoms with Gasteiger partial charge in [0.1, 0.15) is 5.82 Å². The van der Waals surface area contributed by atoms with Gasteiger partial charge >= 0.3 is 6.03 Å². The molecule has 2 aromatic rings. The van der Waals surface area contributed by atoms with E-state index < -0.39 is 0 Å². The molecular formula is C19H24N4OS2. The molecule has 0 saturated carbocycles. The first-order valence-corrected chi connectivity index (χ1v) is 10.7. The molecule has 138 valence electrons. The fraction of sp³-hybridized carbons (Fsp3) is 0.368. The maximum atomic E-state index is 12.2. The van der Waals surface area contributed by atoms with E-state index in [-0.39, 0.29) is 6.03 Å². The molecule has 1 fully saturated rings. The Balaban J connectivity index is 1.55. The van der Waals surface area contributed by atoms with Gasteiger partial charge in [0.2, 0.25) is 0 Å². The van der Waals surface area contributed by atoms with Crippen molar-refractivity contribution in [1.29, 1.82) is 0 Å². The highest BCUT2D eigenvalue weighted by Crippen LogP contribution is 2.43. The van der Waals surface area contributed by atoms with E-state index in [4.69, 9.17) is 0 Å². The minimum atomic E-state index is -0.200. The summed E-state index contributed by atoms with van der Waals surface area (Å²) >= 11 is 3.96. The maximum Gasteiger partial charge on any atom is 0.319 e. The van der Waals surface area contributed by atoms with Crippen LogP contribution in [0, 0.1) is 0 Å². The number of urea groups is 1. The number of anilines is 2. The summed E-state index contributed by atoms with van der Waals surface area (Å²) in [6.45, 7) is 0.462. The quantitative estimate of drug-likeness (QED) is 0.798. The molecule has 0 unspecified atom stereocenters. The highest BCUT2D eigenvalue weighted by atomic mass is 32.2. The minimum absolute atomic E-state index is 0.200. The topological polar surface area (TPSA) is 57.3 Å². The first-order chi connectivity index (χ1) is 12.6. The minimum Gasteiger partial charge on any atom is -0.363 e. The summed E-state index contributed by atoms with van der Waals surface area (Å²) in [6, 6.07) is 11.8. The lowest BCUT2D eigenvalue weighted by Crippen LogP contribution is -2.28. The smallest absolute Gasteiger partial charge is 0.319 e. The zero-order chi connectivity index (χ0) is 18.4. The Kier molecular flexibility index (Phi) is 6.68. The highest BCUT2D eigenvalue weighted by molar-refractivity contribution is 8.16. The summed E-state index contributed by atoms with van der Waals surface area (Å²) in [6.07, 6.45) is 3.03. The first-order valence-electron chi connectivity index (χ1n) is 8.62. The van der Waals surface area contributed by atoms with Crippen LogP contribution in [0.5, 0.6) is 0 Å². The molecule has 0 bridgehead atoms. The normalized spacial score (nSPS) is 14.7. The van der Waals surface area contributed by atoms with Crippen LogP contribution >= 0.6 is 23.5 Å². The summed E-state index contributed by atoms with van der Waals surface area (Å²) in [5.41, 5.74) is 3.11. The van der Waals surface area contributed by atoms with Gasteiger partial charge in [-0.2, -0.15) is 0 Å². The van der Waals surface area contributed by atoms with Crippen molar-refractivity contribution in [2.75, 3.05) is 35.8 Å². The number of benzene rings is 1. The molecule has 1 saturated heterocycles. The van der Waals surface area contributed by atoms with Crippen molar-refractivity contribution in [1.82, 2.24) is 10.3 Å². The van der Waals surface area contributed by atoms with E-state index in [0.29, 0.717) is 11.1 Å². The van der Waals surface area contributed by atoms with Crippen LogP contribution in [0.25, 0.3) is 0 Å².